The van der Waals surface area contributed by atoms with Crippen LogP contribution in [-0.4, -0.2) is 16.4 Å². The highest BCUT2D eigenvalue weighted by Gasteiger charge is 2.13. The number of hydrogen-bond donors (Lipinski definition) is 0. The molecule has 4 nitrogen and oxygen atoms in total. The van der Waals surface area contributed by atoms with Gasteiger partial charge in [-0.2, -0.15) is 5.26 Å². The first-order valence-electron chi connectivity index (χ1n) is 7.41. The third-order valence-electron chi connectivity index (χ3n) is 3.69. The molecule has 0 radical (unpaired) electrons. The molecule has 0 aliphatic rings. The maximum Gasteiger partial charge on any atom is 0.132 e. The van der Waals surface area contributed by atoms with Crippen LogP contribution >= 0.6 is 0 Å². The molecular weight excluding hydrogens is 293 g/mol. The highest BCUT2D eigenvalue weighted by Crippen LogP contribution is 2.21. The van der Waals surface area contributed by atoms with E-state index in [1.54, 1.807) is 30.7 Å². The number of nitrogens with zero attached hydrogens (tertiary/aromatic N) is 3. The van der Waals surface area contributed by atoms with Crippen LogP contribution in [0.25, 0.3) is 10.9 Å². The molecule has 3 aromatic rings. The molecule has 0 saturated heterocycles. The number of nitriles is 1. The summed E-state index contributed by atoms with van der Waals surface area (Å²) < 4.78 is 19.3. The van der Waals surface area contributed by atoms with Crippen molar-refractivity contribution in [1.29, 1.82) is 5.26 Å². The van der Waals surface area contributed by atoms with Crippen molar-refractivity contribution in [2.75, 3.05) is 6.54 Å². The Morgan fingerprint density at radius 2 is 2.09 bits per heavy atom. The molecule has 5 heteroatoms. The molecule has 0 aliphatic carbocycles. The molecule has 0 amide bonds. The van der Waals surface area contributed by atoms with Crippen molar-refractivity contribution in [3.8, 4) is 6.07 Å². The van der Waals surface area contributed by atoms with Crippen LogP contribution in [0.1, 0.15) is 17.7 Å². The zero-order valence-electron chi connectivity index (χ0n) is 12.6. The van der Waals surface area contributed by atoms with E-state index in [4.69, 9.17) is 9.68 Å². The van der Waals surface area contributed by atoms with Gasteiger partial charge in [0, 0.05) is 31.1 Å². The summed E-state index contributed by atoms with van der Waals surface area (Å²) in [5, 5.41) is 9.37. The Balaban J connectivity index is 1.87. The molecule has 116 valence electrons. The molecule has 0 spiro atoms. The third-order valence-corrected chi connectivity index (χ3v) is 3.69. The fourth-order valence-electron chi connectivity index (χ4n) is 2.61. The zero-order valence-corrected chi connectivity index (χ0v) is 12.6. The van der Waals surface area contributed by atoms with Crippen molar-refractivity contribution in [1.82, 2.24) is 9.88 Å². The van der Waals surface area contributed by atoms with Gasteiger partial charge in [0.15, 0.2) is 0 Å². The maximum atomic E-state index is 13.9. The summed E-state index contributed by atoms with van der Waals surface area (Å²) in [6.07, 6.45) is 3.72. The second-order valence-electron chi connectivity index (χ2n) is 5.30. The fourth-order valence-corrected chi connectivity index (χ4v) is 2.61. The quantitative estimate of drug-likeness (QED) is 0.693. The minimum absolute atomic E-state index is 0.272. The molecule has 2 heterocycles. The molecule has 1 aromatic carbocycles. The van der Waals surface area contributed by atoms with E-state index in [0.717, 1.165) is 11.3 Å². The fraction of sp³-hybridized carbons (Fsp3) is 0.222. The van der Waals surface area contributed by atoms with Crippen LogP contribution in [0.15, 0.2) is 53.3 Å². The summed E-state index contributed by atoms with van der Waals surface area (Å²) in [6, 6.07) is 12.6. The van der Waals surface area contributed by atoms with Gasteiger partial charge in [-0.3, -0.25) is 9.88 Å². The van der Waals surface area contributed by atoms with Crippen molar-refractivity contribution < 1.29 is 8.81 Å². The van der Waals surface area contributed by atoms with Gasteiger partial charge in [0.2, 0.25) is 0 Å². The van der Waals surface area contributed by atoms with Gasteiger partial charge in [-0.15, -0.1) is 0 Å². The molecule has 0 saturated carbocycles. The SMILES string of the molecule is N#CCCN(Cc1ccco1)Cc1ccc(F)c2cccnc12. The normalized spacial score (nSPS) is 11.0. The summed E-state index contributed by atoms with van der Waals surface area (Å²) in [7, 11) is 0. The Hall–Kier alpha value is -2.71. The van der Waals surface area contributed by atoms with Crippen LogP contribution in [0, 0.1) is 17.1 Å². The number of benzene rings is 1. The Morgan fingerprint density at radius 1 is 1.17 bits per heavy atom. The average molecular weight is 309 g/mol. The predicted octanol–water partition coefficient (Wildman–Crippen LogP) is 3.88. The van der Waals surface area contributed by atoms with Crippen molar-refractivity contribution in [2.45, 2.75) is 19.5 Å². The first-order valence-corrected chi connectivity index (χ1v) is 7.41. The molecule has 0 aliphatic heterocycles. The van der Waals surface area contributed by atoms with Gasteiger partial charge in [-0.05, 0) is 35.9 Å². The smallest absolute Gasteiger partial charge is 0.132 e. The Labute approximate surface area is 133 Å². The van der Waals surface area contributed by atoms with Gasteiger partial charge in [0.25, 0.3) is 0 Å². The van der Waals surface area contributed by atoms with Crippen LogP contribution in [-0.2, 0) is 13.1 Å². The standard InChI is InChI=1S/C18H16FN3O/c19-17-7-6-14(18-16(17)5-1-9-21-18)12-22(10-3-8-20)13-15-4-2-11-23-15/h1-2,4-7,9,11H,3,10,12-13H2. The lowest BCUT2D eigenvalue weighted by atomic mass is 10.1. The second-order valence-corrected chi connectivity index (χ2v) is 5.30. The summed E-state index contributed by atoms with van der Waals surface area (Å²) in [5.41, 5.74) is 1.60. The van der Waals surface area contributed by atoms with Gasteiger partial charge in [0.05, 0.1) is 24.4 Å². The van der Waals surface area contributed by atoms with Crippen molar-refractivity contribution in [2.24, 2.45) is 0 Å². The van der Waals surface area contributed by atoms with Gasteiger partial charge >= 0.3 is 0 Å². The molecular formula is C18H16FN3O. The van der Waals surface area contributed by atoms with Crippen molar-refractivity contribution in [3.05, 3.63) is 66.0 Å². The molecule has 3 rings (SSSR count). The molecule has 0 N–H and O–H groups in total. The Bertz CT molecular complexity index is 824. The average Bonchev–Trinajstić information content (AvgIpc) is 3.08. The maximum absolute atomic E-state index is 13.9. The van der Waals surface area contributed by atoms with Crippen molar-refractivity contribution in [3.63, 3.8) is 0 Å². The largest absolute Gasteiger partial charge is 0.468 e. The third kappa shape index (κ3) is 3.55. The lowest BCUT2D eigenvalue weighted by molar-refractivity contribution is 0.241. The molecule has 0 bridgehead atoms. The topological polar surface area (TPSA) is 53.1 Å². The van der Waals surface area contributed by atoms with E-state index in [-0.39, 0.29) is 5.82 Å². The number of furan rings is 1. The van der Waals surface area contributed by atoms with Gasteiger partial charge < -0.3 is 4.42 Å². The van der Waals surface area contributed by atoms with Gasteiger partial charge in [0.1, 0.15) is 11.6 Å². The molecule has 23 heavy (non-hydrogen) atoms. The highest BCUT2D eigenvalue weighted by atomic mass is 19.1. The summed E-state index contributed by atoms with van der Waals surface area (Å²) in [4.78, 5) is 6.42. The first kappa shape index (κ1) is 15.2. The second kappa shape index (κ2) is 7.03. The highest BCUT2D eigenvalue weighted by molar-refractivity contribution is 5.82. The number of pyridine rings is 1. The van der Waals surface area contributed by atoms with E-state index < -0.39 is 0 Å². The molecule has 0 fully saturated rings. The first-order chi connectivity index (χ1) is 11.3. The van der Waals surface area contributed by atoms with Crippen LogP contribution in [0.3, 0.4) is 0 Å². The van der Waals surface area contributed by atoms with Crippen LogP contribution in [0.4, 0.5) is 4.39 Å². The lowest BCUT2D eigenvalue weighted by Gasteiger charge is -2.20. The Morgan fingerprint density at radius 3 is 2.87 bits per heavy atom. The van der Waals surface area contributed by atoms with E-state index in [2.05, 4.69) is 16.0 Å². The number of halogens is 1. The summed E-state index contributed by atoms with van der Waals surface area (Å²) in [5.74, 6) is 0.564. The number of rotatable bonds is 6. The monoisotopic (exact) mass is 309 g/mol. The van der Waals surface area contributed by atoms with E-state index in [0.29, 0.717) is 37.0 Å². The minimum Gasteiger partial charge on any atom is -0.468 e. The van der Waals surface area contributed by atoms with E-state index >= 15 is 0 Å². The number of hydrogen-bond acceptors (Lipinski definition) is 4. The minimum atomic E-state index is -0.272. The van der Waals surface area contributed by atoms with E-state index in [1.807, 2.05) is 12.1 Å². The Kier molecular flexibility index (Phi) is 4.65. The molecule has 0 atom stereocenters. The number of aromatic nitrogens is 1. The molecule has 0 unspecified atom stereocenters. The van der Waals surface area contributed by atoms with Crippen molar-refractivity contribution >= 4 is 10.9 Å². The molecule has 2 aromatic heterocycles. The lowest BCUT2D eigenvalue weighted by Crippen LogP contribution is -2.24. The van der Waals surface area contributed by atoms with E-state index in [9.17, 15) is 4.39 Å². The number of fused-ring (bicyclic) bond motifs is 1. The summed E-state index contributed by atoms with van der Waals surface area (Å²) >= 11 is 0. The zero-order chi connectivity index (χ0) is 16.1. The van der Waals surface area contributed by atoms with E-state index in [1.165, 1.54) is 6.07 Å². The van der Waals surface area contributed by atoms with Gasteiger partial charge in [-0.1, -0.05) is 6.07 Å². The van der Waals surface area contributed by atoms with Crippen LogP contribution < -0.4 is 0 Å². The van der Waals surface area contributed by atoms with Crippen LogP contribution in [0.2, 0.25) is 0 Å². The predicted molar refractivity (Wildman–Crippen MR) is 84.8 cm³/mol. The summed E-state index contributed by atoms with van der Waals surface area (Å²) in [6.45, 7) is 1.79. The van der Waals surface area contributed by atoms with Crippen LogP contribution in [0.5, 0.6) is 0 Å². The van der Waals surface area contributed by atoms with Gasteiger partial charge in [-0.25, -0.2) is 4.39 Å².